The van der Waals surface area contributed by atoms with E-state index in [1.807, 2.05) is 0 Å². The summed E-state index contributed by atoms with van der Waals surface area (Å²) in [6.45, 7) is 1.16. The highest BCUT2D eigenvalue weighted by molar-refractivity contribution is 6.01. The van der Waals surface area contributed by atoms with Crippen molar-refractivity contribution in [3.8, 4) is 0 Å². The molecule has 6 aliphatic rings. The van der Waals surface area contributed by atoms with Crippen molar-refractivity contribution in [3.05, 3.63) is 82.4 Å². The van der Waals surface area contributed by atoms with E-state index in [0.29, 0.717) is 50.7 Å². The minimum Gasteiger partial charge on any atom is -0.390 e. The van der Waals surface area contributed by atoms with Crippen molar-refractivity contribution in [3.63, 3.8) is 0 Å². The number of fused-ring (bicyclic) bond motifs is 3. The Labute approximate surface area is 623 Å². The van der Waals surface area contributed by atoms with Gasteiger partial charge in [-0.2, -0.15) is 26.3 Å². The molecule has 3 aliphatic heterocycles. The molecule has 3 heterocycles. The molecule has 2 bridgehead atoms. The zero-order valence-corrected chi connectivity index (χ0v) is 62.9. The molecule has 12 amide bonds. The lowest BCUT2D eigenvalue weighted by Gasteiger charge is -2.47. The first-order valence-corrected chi connectivity index (χ1v) is 37.0. The number of amides is 12. The second-order valence-corrected chi connectivity index (χ2v) is 30.3. The van der Waals surface area contributed by atoms with E-state index in [1.54, 1.807) is 26.0 Å². The number of halogens is 8. The van der Waals surface area contributed by atoms with Crippen LogP contribution in [0, 0.1) is 29.4 Å². The maximum Gasteiger partial charge on any atom is 0.422 e. The fourth-order valence-electron chi connectivity index (χ4n) is 15.8. The molecule has 0 unspecified atom stereocenters. The normalized spacial score (nSPS) is 27.0. The Kier molecular flexibility index (Phi) is 28.1. The van der Waals surface area contributed by atoms with Crippen LogP contribution in [0.25, 0.3) is 0 Å². The lowest BCUT2D eigenvalue weighted by atomic mass is 9.74. The fourth-order valence-corrected chi connectivity index (χ4v) is 15.8. The Morgan fingerprint density at radius 3 is 1.82 bits per heavy atom. The summed E-state index contributed by atoms with van der Waals surface area (Å²) in [5.74, 6) is -15.6. The first kappa shape index (κ1) is 84.8. The van der Waals surface area contributed by atoms with E-state index in [1.165, 1.54) is 64.0 Å². The van der Waals surface area contributed by atoms with E-state index in [2.05, 4.69) is 16.0 Å². The molecule has 1 spiro atoms. The number of rotatable bonds is 11. The number of carbonyl (C=O) groups is 12. The van der Waals surface area contributed by atoms with Crippen LogP contribution in [0.5, 0.6) is 0 Å². The fraction of sp³-hybridized carbons (Fsp3) is 0.653. The highest BCUT2D eigenvalue weighted by Crippen LogP contribution is 2.40. The number of aryl methyl sites for hydroxylation is 1. The number of likely N-dealkylation sites (N-methyl/N-ethyl adjacent to an activating group) is 7. The Hall–Kier alpha value is -8.78. The van der Waals surface area contributed by atoms with Crippen LogP contribution in [0.3, 0.4) is 0 Å². The number of benzene rings is 2. The summed E-state index contributed by atoms with van der Waals surface area (Å²) in [7, 11) is 10.7. The maximum atomic E-state index is 15.5. The molecular weight excluding hydrogens is 1430 g/mol. The summed E-state index contributed by atoms with van der Waals surface area (Å²) in [6, 6.07) is -7.78. The first-order chi connectivity index (χ1) is 50.7. The molecule has 2 saturated heterocycles. The van der Waals surface area contributed by atoms with Crippen molar-refractivity contribution in [2.24, 2.45) is 17.8 Å². The number of aliphatic hydroxyl groups excluding tert-OH is 1. The van der Waals surface area contributed by atoms with Gasteiger partial charge in [0.05, 0.1) is 31.2 Å². The van der Waals surface area contributed by atoms with Crippen molar-refractivity contribution in [1.29, 1.82) is 0 Å². The van der Waals surface area contributed by atoms with Crippen molar-refractivity contribution in [1.82, 2.24) is 60.0 Å². The van der Waals surface area contributed by atoms with E-state index < -0.39 is 229 Å². The van der Waals surface area contributed by atoms with E-state index in [9.17, 15) is 50.6 Å². The van der Waals surface area contributed by atoms with Gasteiger partial charge in [0.15, 0.2) is 0 Å². The van der Waals surface area contributed by atoms with Crippen LogP contribution in [0.4, 0.5) is 35.1 Å². The summed E-state index contributed by atoms with van der Waals surface area (Å²) < 4.78 is 114. The van der Waals surface area contributed by atoms with E-state index in [4.69, 9.17) is 0 Å². The van der Waals surface area contributed by atoms with Gasteiger partial charge >= 0.3 is 12.4 Å². The number of nitrogens with one attached hydrogen (secondary N) is 3. The molecule has 596 valence electrons. The topological polar surface area (TPSA) is 290 Å². The van der Waals surface area contributed by atoms with Gasteiger partial charge in [-0.15, -0.1) is 0 Å². The van der Waals surface area contributed by atoms with E-state index >= 15 is 47.1 Å². The van der Waals surface area contributed by atoms with Gasteiger partial charge in [-0.25, -0.2) is 8.78 Å². The molecule has 4 N–H and O–H groups in total. The Morgan fingerprint density at radius 2 is 1.25 bits per heavy atom. The lowest BCUT2D eigenvalue weighted by Crippen LogP contribution is -2.69. The average molecular weight is 1530 g/mol. The molecule has 10 atom stereocenters. The van der Waals surface area contributed by atoms with Crippen molar-refractivity contribution in [2.45, 2.75) is 215 Å². The monoisotopic (exact) mass is 1530 g/mol. The molecule has 5 fully saturated rings. The third-order valence-corrected chi connectivity index (χ3v) is 22.7. The predicted molar refractivity (Wildman–Crippen MR) is 376 cm³/mol. The number of carbonyl (C=O) groups excluding carboxylic acids is 12. The van der Waals surface area contributed by atoms with Crippen molar-refractivity contribution in [2.75, 3.05) is 82.6 Å². The number of hydrogen-bond acceptors (Lipinski definition) is 13. The quantitative estimate of drug-likeness (QED) is 0.166. The number of hydrogen-bond donors (Lipinski definition) is 4. The molecule has 33 heteroatoms. The van der Waals surface area contributed by atoms with Crippen LogP contribution in [-0.2, 0) is 82.7 Å². The van der Waals surface area contributed by atoms with Crippen LogP contribution in [0.2, 0.25) is 0 Å². The van der Waals surface area contributed by atoms with Gasteiger partial charge in [0.25, 0.3) is 0 Å². The first-order valence-electron chi connectivity index (χ1n) is 37.0. The number of alkyl halides is 6. The van der Waals surface area contributed by atoms with Crippen LogP contribution < -0.4 is 16.0 Å². The van der Waals surface area contributed by atoms with Crippen LogP contribution in [0.15, 0.2) is 48.6 Å². The van der Waals surface area contributed by atoms with Crippen LogP contribution in [0.1, 0.15) is 152 Å². The van der Waals surface area contributed by atoms with Gasteiger partial charge in [-0.05, 0) is 124 Å². The van der Waals surface area contributed by atoms with Gasteiger partial charge in [-0.3, -0.25) is 57.5 Å². The standard InChI is InChI=1S/C75H102F8N12O13/c1-11-43(2)61-70(106)89(6)42-59(99)90(7)52-24-13-12-18-34-94(69(52)105)55(39-45-25-28-48(29-26-45)74(78,79)80)68(104)88(5)41-57(97)84-51(30-27-46-36-49(76)60(50(77)37-46)75(81,82)83)66(102)95-35-31-56(96)63(95)65(101)86-73(32-19-33-73)72(108)93(10)62(47-22-16-17-23-47)71(107)92(9)54(67(103)87(3)4)40-58(98)91(8)53(64(100)85-61)38-44-20-14-15-21-44/h12-13,25-26,28-29,36-37,43-44,47,51-56,61-63,96H,11,14-24,27,30-35,38-42H2,1-10H3,(H,84,97)(H,85,100)(H,86,101)/b13-12-/t43-,51-,52+,53-,54-,55-,56-,61-,62-,63-/m0/s1. The molecule has 2 aromatic carbocycles. The second kappa shape index (κ2) is 35.7. The lowest BCUT2D eigenvalue weighted by molar-refractivity contribution is -0.158. The van der Waals surface area contributed by atoms with Crippen molar-refractivity contribution < 1.29 is 97.8 Å². The average Bonchev–Trinajstić information content (AvgIpc) is 1.16. The molecule has 0 aromatic heterocycles. The molecule has 3 saturated carbocycles. The second-order valence-electron chi connectivity index (χ2n) is 30.3. The number of nitrogens with zero attached hydrogens (tertiary/aromatic N) is 9. The molecule has 3 aliphatic carbocycles. The SMILES string of the molecule is CC[C@H](C)[C@@H]1NC(=O)[C@H](CC2CCCC2)N(C)C(=O)C[C@@H](C(=O)N(C)C)N(C)C(=O)[C@H](C2CCCC2)N(C)C(=O)C2(CCC2)NC(=O)[C@@H]2[C@@H](O)CCN2C(=O)[C@H](CCc2cc(F)c(C(F)(F)F)c(F)c2)NC(=O)CN(C)C(=O)[C@H](Cc2ccc(C(F)(F)F)cc2)N2CC/C=C\C[C@H](C2=O)N(C)C(=O)CN(C)C1=O. The largest absolute Gasteiger partial charge is 0.422 e. The van der Waals surface area contributed by atoms with E-state index in [-0.39, 0.29) is 56.6 Å². The summed E-state index contributed by atoms with van der Waals surface area (Å²) in [5, 5.41) is 19.8. The van der Waals surface area contributed by atoms with Gasteiger partial charge in [0, 0.05) is 75.9 Å². The molecule has 108 heavy (non-hydrogen) atoms. The van der Waals surface area contributed by atoms with E-state index in [0.717, 1.165) is 86.4 Å². The van der Waals surface area contributed by atoms with Gasteiger partial charge in [0.1, 0.15) is 71.1 Å². The van der Waals surface area contributed by atoms with Gasteiger partial charge in [0.2, 0.25) is 70.9 Å². The highest BCUT2D eigenvalue weighted by Gasteiger charge is 2.54. The molecule has 25 nitrogen and oxygen atoms in total. The van der Waals surface area contributed by atoms with Crippen LogP contribution >= 0.6 is 0 Å². The summed E-state index contributed by atoms with van der Waals surface area (Å²) in [4.78, 5) is 190. The zero-order valence-electron chi connectivity index (χ0n) is 62.9. The third-order valence-electron chi connectivity index (χ3n) is 22.7. The summed E-state index contributed by atoms with van der Waals surface area (Å²) >= 11 is 0. The van der Waals surface area contributed by atoms with Crippen molar-refractivity contribution >= 4 is 70.9 Å². The highest BCUT2D eigenvalue weighted by atomic mass is 19.4. The summed E-state index contributed by atoms with van der Waals surface area (Å²) in [5.41, 5.74) is -5.37. The predicted octanol–water partition coefficient (Wildman–Crippen LogP) is 5.23. The maximum absolute atomic E-state index is 15.5. The Balaban J connectivity index is 1.22. The molecular formula is C75H102F8N12O13. The third kappa shape index (κ3) is 19.6. The number of aliphatic hydroxyl groups is 1. The molecule has 8 rings (SSSR count). The molecule has 2 aromatic rings. The zero-order chi connectivity index (χ0) is 79.8. The minimum atomic E-state index is -5.47. The van der Waals surface area contributed by atoms with Gasteiger partial charge in [-0.1, -0.05) is 83.1 Å². The van der Waals surface area contributed by atoms with Crippen LogP contribution in [-0.4, -0.2) is 263 Å². The van der Waals surface area contributed by atoms with Gasteiger partial charge < -0.3 is 65.2 Å². The Morgan fingerprint density at radius 1 is 0.639 bits per heavy atom. The minimum absolute atomic E-state index is 0.0160. The summed E-state index contributed by atoms with van der Waals surface area (Å²) in [6.07, 6.45) is -5.36. The Bertz CT molecular complexity index is 3670. The molecule has 0 radical (unpaired) electrons. The smallest absolute Gasteiger partial charge is 0.390 e.